The van der Waals surface area contributed by atoms with Crippen molar-refractivity contribution in [2.75, 3.05) is 12.3 Å². The maximum atomic E-state index is 9.14. The first kappa shape index (κ1) is 18.7. The maximum absolute atomic E-state index is 9.14. The van der Waals surface area contributed by atoms with Gasteiger partial charge in [-0.25, -0.2) is 0 Å². The van der Waals surface area contributed by atoms with E-state index in [-0.39, 0.29) is 5.41 Å². The van der Waals surface area contributed by atoms with Crippen molar-refractivity contribution < 1.29 is 4.74 Å². The standard InChI is InChI=1S/C13H16N4OS.C4H6/c1-2-10(13(9-14)6-7-13)5-3-4-8-18-12-17-16-11(15)19-12;1-3-4-2/h2-3,5H,4,6-8H2,1H3,(H2,15,16);1H,4H2,2H3/b5-3-,10-2+;. The van der Waals surface area contributed by atoms with Gasteiger partial charge in [-0.2, -0.15) is 5.26 Å². The van der Waals surface area contributed by atoms with E-state index in [9.17, 15) is 0 Å². The normalized spacial score (nSPS) is 15.2. The van der Waals surface area contributed by atoms with Crippen molar-refractivity contribution in [2.45, 2.75) is 39.5 Å². The topological polar surface area (TPSA) is 84.8 Å². The summed E-state index contributed by atoms with van der Waals surface area (Å²) in [4.78, 5) is 0. The maximum Gasteiger partial charge on any atom is 0.295 e. The molecule has 0 atom stereocenters. The number of rotatable bonds is 6. The third-order valence-corrected chi connectivity index (χ3v) is 3.93. The highest BCUT2D eigenvalue weighted by molar-refractivity contribution is 7.16. The van der Waals surface area contributed by atoms with Gasteiger partial charge in [-0.15, -0.1) is 17.4 Å². The number of ether oxygens (including phenoxy) is 1. The van der Waals surface area contributed by atoms with Crippen molar-refractivity contribution in [1.29, 1.82) is 5.26 Å². The molecule has 2 N–H and O–H groups in total. The Kier molecular flexibility index (Phi) is 7.87. The molecule has 0 saturated heterocycles. The van der Waals surface area contributed by atoms with E-state index in [1.54, 1.807) is 0 Å². The zero-order chi connectivity index (χ0) is 17.1. The number of nitrogen functional groups attached to an aromatic ring is 1. The van der Waals surface area contributed by atoms with E-state index >= 15 is 0 Å². The van der Waals surface area contributed by atoms with E-state index in [1.807, 2.05) is 32.1 Å². The lowest BCUT2D eigenvalue weighted by Gasteiger charge is -2.05. The Labute approximate surface area is 141 Å². The van der Waals surface area contributed by atoms with Crippen LogP contribution in [0.5, 0.6) is 5.19 Å². The average molecular weight is 330 g/mol. The van der Waals surface area contributed by atoms with Crippen LogP contribution in [0.15, 0.2) is 23.8 Å². The van der Waals surface area contributed by atoms with Crippen molar-refractivity contribution in [3.05, 3.63) is 23.8 Å². The molecule has 0 radical (unpaired) electrons. The van der Waals surface area contributed by atoms with Crippen molar-refractivity contribution in [1.82, 2.24) is 10.2 Å². The second-order valence-electron chi connectivity index (χ2n) is 4.94. The first-order valence-corrected chi connectivity index (χ1v) is 8.33. The fourth-order valence-corrected chi connectivity index (χ4v) is 2.31. The Bertz CT molecular complexity index is 630. The summed E-state index contributed by atoms with van der Waals surface area (Å²) in [7, 11) is 0. The molecule has 1 heterocycles. The van der Waals surface area contributed by atoms with Gasteiger partial charge in [-0.1, -0.05) is 30.3 Å². The van der Waals surface area contributed by atoms with Crippen LogP contribution in [-0.4, -0.2) is 16.8 Å². The summed E-state index contributed by atoms with van der Waals surface area (Å²) in [6.45, 7) is 4.44. The molecule has 1 aliphatic rings. The van der Waals surface area contributed by atoms with Crippen LogP contribution in [0.25, 0.3) is 0 Å². The van der Waals surface area contributed by atoms with Crippen LogP contribution in [-0.2, 0) is 0 Å². The summed E-state index contributed by atoms with van der Waals surface area (Å²) in [5.41, 5.74) is 6.33. The highest BCUT2D eigenvalue weighted by Gasteiger charge is 2.45. The minimum absolute atomic E-state index is 0.222. The highest BCUT2D eigenvalue weighted by Crippen LogP contribution is 2.51. The summed E-state index contributed by atoms with van der Waals surface area (Å²) in [6, 6.07) is 2.39. The van der Waals surface area contributed by atoms with Crippen molar-refractivity contribution >= 4 is 16.5 Å². The third kappa shape index (κ3) is 6.14. The van der Waals surface area contributed by atoms with E-state index in [0.29, 0.717) is 16.9 Å². The van der Waals surface area contributed by atoms with Gasteiger partial charge >= 0.3 is 0 Å². The number of aromatic nitrogens is 2. The van der Waals surface area contributed by atoms with Crippen molar-refractivity contribution in [3.8, 4) is 23.6 Å². The smallest absolute Gasteiger partial charge is 0.295 e. The number of allylic oxidation sites excluding steroid dienone is 3. The van der Waals surface area contributed by atoms with Gasteiger partial charge in [-0.05, 0) is 43.1 Å². The first-order valence-electron chi connectivity index (χ1n) is 7.51. The number of nitriles is 1. The summed E-state index contributed by atoms with van der Waals surface area (Å²) in [5, 5.41) is 17.5. The molecule has 0 unspecified atom stereocenters. The van der Waals surface area contributed by atoms with E-state index in [4.69, 9.17) is 22.2 Å². The molecule has 1 saturated carbocycles. The van der Waals surface area contributed by atoms with Gasteiger partial charge in [-0.3, -0.25) is 0 Å². The molecule has 5 nitrogen and oxygen atoms in total. The average Bonchev–Trinajstić information content (AvgIpc) is 3.26. The van der Waals surface area contributed by atoms with Crippen LogP contribution in [0.3, 0.4) is 0 Å². The lowest BCUT2D eigenvalue weighted by Crippen LogP contribution is -1.99. The molecule has 1 aliphatic carbocycles. The Morgan fingerprint density at radius 1 is 1.52 bits per heavy atom. The molecule has 122 valence electrons. The van der Waals surface area contributed by atoms with Gasteiger partial charge in [0.25, 0.3) is 5.19 Å². The molecule has 0 aliphatic heterocycles. The molecule has 0 amide bonds. The van der Waals surface area contributed by atoms with Gasteiger partial charge < -0.3 is 10.5 Å². The van der Waals surface area contributed by atoms with E-state index in [2.05, 4.69) is 22.2 Å². The van der Waals surface area contributed by atoms with Gasteiger partial charge in [0.1, 0.15) is 0 Å². The Hall–Kier alpha value is -2.31. The molecule has 1 aromatic rings. The summed E-state index contributed by atoms with van der Waals surface area (Å²) >= 11 is 1.23. The largest absolute Gasteiger partial charge is 0.469 e. The SMILES string of the molecule is C#CCC.C/C=C(\C=C/CCOc1nnc(N)s1)C1(C#N)CC1. The van der Waals surface area contributed by atoms with Crippen LogP contribution >= 0.6 is 11.3 Å². The van der Waals surface area contributed by atoms with Crippen molar-refractivity contribution in [3.63, 3.8) is 0 Å². The Morgan fingerprint density at radius 3 is 2.65 bits per heavy atom. The first-order chi connectivity index (χ1) is 11.1. The van der Waals surface area contributed by atoms with Gasteiger partial charge in [0.2, 0.25) is 5.13 Å². The zero-order valence-electron chi connectivity index (χ0n) is 13.6. The fourth-order valence-electron chi connectivity index (χ4n) is 1.83. The van der Waals surface area contributed by atoms with Crippen LogP contribution in [0.1, 0.15) is 39.5 Å². The Morgan fingerprint density at radius 2 is 2.22 bits per heavy atom. The van der Waals surface area contributed by atoms with Crippen LogP contribution in [0.2, 0.25) is 0 Å². The summed E-state index contributed by atoms with van der Waals surface area (Å²) in [6.07, 6.45) is 14.4. The van der Waals surface area contributed by atoms with Gasteiger partial charge in [0.15, 0.2) is 0 Å². The molecular formula is C17H22N4OS. The highest BCUT2D eigenvalue weighted by atomic mass is 32.1. The number of terminal acetylenes is 1. The van der Waals surface area contributed by atoms with Crippen molar-refractivity contribution in [2.24, 2.45) is 5.41 Å². The fraction of sp³-hybridized carbons (Fsp3) is 0.471. The van der Waals surface area contributed by atoms with E-state index in [1.165, 1.54) is 11.3 Å². The second kappa shape index (κ2) is 9.66. The predicted octanol–water partition coefficient (Wildman–Crippen LogP) is 3.73. The number of hydrogen-bond donors (Lipinski definition) is 1. The zero-order valence-corrected chi connectivity index (χ0v) is 14.4. The van der Waals surface area contributed by atoms with Crippen LogP contribution in [0, 0.1) is 29.1 Å². The molecule has 0 spiro atoms. The third-order valence-electron chi connectivity index (χ3n) is 3.26. The van der Waals surface area contributed by atoms with Gasteiger partial charge in [0, 0.05) is 6.42 Å². The number of anilines is 1. The molecule has 1 fully saturated rings. The second-order valence-corrected chi connectivity index (χ2v) is 5.91. The number of nitrogens with zero attached hydrogens (tertiary/aromatic N) is 3. The minimum atomic E-state index is -0.222. The van der Waals surface area contributed by atoms with E-state index in [0.717, 1.165) is 31.3 Å². The molecule has 0 aromatic carbocycles. The van der Waals surface area contributed by atoms with Crippen LogP contribution < -0.4 is 10.5 Å². The molecule has 2 rings (SSSR count). The molecule has 0 bridgehead atoms. The van der Waals surface area contributed by atoms with Gasteiger partial charge in [0.05, 0.1) is 18.1 Å². The lowest BCUT2D eigenvalue weighted by atomic mass is 9.96. The summed E-state index contributed by atoms with van der Waals surface area (Å²) < 4.78 is 5.40. The van der Waals surface area contributed by atoms with Crippen LogP contribution in [0.4, 0.5) is 5.13 Å². The minimum Gasteiger partial charge on any atom is -0.469 e. The number of nitrogens with two attached hydrogens (primary N) is 1. The molecule has 23 heavy (non-hydrogen) atoms. The molecule has 6 heteroatoms. The monoisotopic (exact) mass is 330 g/mol. The Balaban J connectivity index is 0.000000593. The molecular weight excluding hydrogens is 308 g/mol. The molecule has 1 aromatic heterocycles. The summed E-state index contributed by atoms with van der Waals surface area (Å²) in [5.74, 6) is 2.43. The number of hydrogen-bond acceptors (Lipinski definition) is 6. The lowest BCUT2D eigenvalue weighted by molar-refractivity contribution is 0.320. The quantitative estimate of drug-likeness (QED) is 0.488. The van der Waals surface area contributed by atoms with E-state index < -0.39 is 0 Å². The predicted molar refractivity (Wildman–Crippen MR) is 93.7 cm³/mol.